The van der Waals surface area contributed by atoms with Crippen molar-refractivity contribution < 1.29 is 9.84 Å². The highest BCUT2D eigenvalue weighted by Crippen LogP contribution is 2.66. The third-order valence-corrected chi connectivity index (χ3v) is 5.05. The summed E-state index contributed by atoms with van der Waals surface area (Å²) in [5.74, 6) is 3.09. The normalized spacial score (nSPS) is 35.9. The van der Waals surface area contributed by atoms with Crippen LogP contribution in [0.25, 0.3) is 0 Å². The topological polar surface area (TPSA) is 29.5 Å². The fourth-order valence-electron chi connectivity index (χ4n) is 3.75. The summed E-state index contributed by atoms with van der Waals surface area (Å²) in [7, 11) is 0. The summed E-state index contributed by atoms with van der Waals surface area (Å²) in [5.41, 5.74) is 1.24. The van der Waals surface area contributed by atoms with Gasteiger partial charge in [0.05, 0.1) is 12.7 Å². The van der Waals surface area contributed by atoms with E-state index in [9.17, 15) is 5.11 Å². The van der Waals surface area contributed by atoms with Crippen LogP contribution >= 0.6 is 0 Å². The number of aliphatic hydroxyl groups is 1. The summed E-state index contributed by atoms with van der Waals surface area (Å²) in [6.45, 7) is 9.34. The molecule has 94 valence electrons. The maximum atomic E-state index is 10.4. The zero-order chi connectivity index (χ0) is 12.7. The second-order valence-electron chi connectivity index (χ2n) is 6.03. The smallest absolute Gasteiger partial charge is 0.107 e. The first-order valence-electron chi connectivity index (χ1n) is 6.34. The van der Waals surface area contributed by atoms with Crippen molar-refractivity contribution in [1.29, 1.82) is 0 Å². The summed E-state index contributed by atoms with van der Waals surface area (Å²) in [6.07, 6.45) is 7.97. The van der Waals surface area contributed by atoms with E-state index in [4.69, 9.17) is 11.2 Å². The molecule has 0 aromatic carbocycles. The summed E-state index contributed by atoms with van der Waals surface area (Å²) >= 11 is 0. The molecule has 17 heavy (non-hydrogen) atoms. The molecular weight excluding hydrogens is 212 g/mol. The second kappa shape index (κ2) is 4.15. The highest BCUT2D eigenvalue weighted by atomic mass is 16.5. The van der Waals surface area contributed by atoms with Crippen molar-refractivity contribution in [3.63, 3.8) is 0 Å². The summed E-state index contributed by atoms with van der Waals surface area (Å²) in [4.78, 5) is 0. The van der Waals surface area contributed by atoms with Crippen molar-refractivity contribution in [2.24, 2.45) is 16.7 Å². The van der Waals surface area contributed by atoms with Crippen LogP contribution < -0.4 is 0 Å². The Labute approximate surface area is 104 Å². The summed E-state index contributed by atoms with van der Waals surface area (Å²) < 4.78 is 5.29. The minimum absolute atomic E-state index is 0.122. The van der Waals surface area contributed by atoms with Crippen molar-refractivity contribution >= 4 is 0 Å². The SMILES string of the molecule is C#CCOC[C@H](O)[C@]12CC[C@H](C1)C(C)(C)C2=C. The lowest BCUT2D eigenvalue weighted by Crippen LogP contribution is -2.39. The van der Waals surface area contributed by atoms with E-state index in [0.717, 1.165) is 12.8 Å². The van der Waals surface area contributed by atoms with Crippen molar-refractivity contribution in [1.82, 2.24) is 0 Å². The first-order chi connectivity index (χ1) is 7.95. The van der Waals surface area contributed by atoms with Gasteiger partial charge in [0.1, 0.15) is 6.61 Å². The standard InChI is InChI=1S/C15H22O2/c1-5-8-17-10-13(16)15-7-6-12(9-15)14(3,4)11(15)2/h1,12-13,16H,2,6-10H2,3-4H3/t12-,13+,15-/m1/s1. The molecule has 0 amide bonds. The molecule has 0 unspecified atom stereocenters. The predicted molar refractivity (Wildman–Crippen MR) is 68.4 cm³/mol. The highest BCUT2D eigenvalue weighted by molar-refractivity contribution is 5.31. The Morgan fingerprint density at radius 3 is 2.88 bits per heavy atom. The number of hydrogen-bond donors (Lipinski definition) is 1. The van der Waals surface area contributed by atoms with Crippen molar-refractivity contribution in [3.05, 3.63) is 12.2 Å². The van der Waals surface area contributed by atoms with E-state index in [1.54, 1.807) is 0 Å². The fraction of sp³-hybridized carbons (Fsp3) is 0.733. The molecule has 0 saturated heterocycles. The molecule has 0 aromatic heterocycles. The molecular formula is C15H22O2. The molecule has 0 aliphatic heterocycles. The Kier molecular flexibility index (Phi) is 3.10. The van der Waals surface area contributed by atoms with E-state index in [1.807, 2.05) is 0 Å². The molecule has 2 fully saturated rings. The Bertz CT molecular complexity index is 364. The van der Waals surface area contributed by atoms with Crippen LogP contribution in [0.15, 0.2) is 12.2 Å². The maximum absolute atomic E-state index is 10.4. The largest absolute Gasteiger partial charge is 0.390 e. The van der Waals surface area contributed by atoms with E-state index in [2.05, 4.69) is 26.3 Å². The molecule has 2 heteroatoms. The van der Waals surface area contributed by atoms with Gasteiger partial charge in [0, 0.05) is 5.41 Å². The van der Waals surface area contributed by atoms with Crippen LogP contribution in [0.3, 0.4) is 0 Å². The third kappa shape index (κ3) is 1.73. The third-order valence-electron chi connectivity index (χ3n) is 5.05. The van der Waals surface area contributed by atoms with Gasteiger partial charge in [-0.3, -0.25) is 0 Å². The van der Waals surface area contributed by atoms with Gasteiger partial charge in [-0.2, -0.15) is 0 Å². The zero-order valence-electron chi connectivity index (χ0n) is 10.8. The number of rotatable bonds is 4. The Balaban J connectivity index is 2.10. The van der Waals surface area contributed by atoms with E-state index in [0.29, 0.717) is 12.5 Å². The number of hydrogen-bond acceptors (Lipinski definition) is 2. The fourth-order valence-corrected chi connectivity index (χ4v) is 3.75. The monoisotopic (exact) mass is 234 g/mol. The number of fused-ring (bicyclic) bond motifs is 2. The molecule has 3 atom stereocenters. The van der Waals surface area contributed by atoms with Crippen LogP contribution in [0.1, 0.15) is 33.1 Å². The Hall–Kier alpha value is -0.780. The number of terminal acetylenes is 1. The lowest BCUT2D eigenvalue weighted by Gasteiger charge is -2.40. The van der Waals surface area contributed by atoms with Crippen LogP contribution in [-0.2, 0) is 4.74 Å². The Morgan fingerprint density at radius 1 is 1.65 bits per heavy atom. The zero-order valence-corrected chi connectivity index (χ0v) is 10.8. The van der Waals surface area contributed by atoms with Gasteiger partial charge in [-0.15, -0.1) is 6.42 Å². The molecule has 0 spiro atoms. The van der Waals surface area contributed by atoms with Crippen molar-refractivity contribution in [2.75, 3.05) is 13.2 Å². The van der Waals surface area contributed by atoms with Gasteiger partial charge in [-0.1, -0.05) is 31.9 Å². The number of ether oxygens (including phenoxy) is 1. The number of aliphatic hydroxyl groups excluding tert-OH is 1. The van der Waals surface area contributed by atoms with E-state index in [-0.39, 0.29) is 17.4 Å². The van der Waals surface area contributed by atoms with Gasteiger partial charge in [-0.05, 0) is 30.6 Å². The van der Waals surface area contributed by atoms with Gasteiger partial charge in [0.25, 0.3) is 0 Å². The average molecular weight is 234 g/mol. The maximum Gasteiger partial charge on any atom is 0.107 e. The van der Waals surface area contributed by atoms with E-state index in [1.165, 1.54) is 12.0 Å². The van der Waals surface area contributed by atoms with E-state index >= 15 is 0 Å². The minimum atomic E-state index is -0.463. The molecule has 0 aromatic rings. The highest BCUT2D eigenvalue weighted by Gasteiger charge is 2.60. The van der Waals surface area contributed by atoms with Crippen LogP contribution in [0.4, 0.5) is 0 Å². The minimum Gasteiger partial charge on any atom is -0.390 e. The molecule has 2 nitrogen and oxygen atoms in total. The molecule has 2 aliphatic carbocycles. The first-order valence-corrected chi connectivity index (χ1v) is 6.34. The molecule has 0 heterocycles. The van der Waals surface area contributed by atoms with Crippen LogP contribution in [0.2, 0.25) is 0 Å². The average Bonchev–Trinajstić information content (AvgIpc) is 2.80. The molecule has 2 rings (SSSR count). The lowest BCUT2D eigenvalue weighted by atomic mass is 9.66. The molecule has 2 aliphatic rings. The van der Waals surface area contributed by atoms with Crippen LogP contribution in [0, 0.1) is 29.1 Å². The molecule has 1 N–H and O–H groups in total. The van der Waals surface area contributed by atoms with Gasteiger partial charge < -0.3 is 9.84 Å². The van der Waals surface area contributed by atoms with Crippen molar-refractivity contribution in [3.8, 4) is 12.3 Å². The predicted octanol–water partition coefficient (Wildman–Crippen LogP) is 2.38. The van der Waals surface area contributed by atoms with Crippen molar-refractivity contribution in [2.45, 2.75) is 39.2 Å². The molecule has 0 radical (unpaired) electrons. The second-order valence-corrected chi connectivity index (χ2v) is 6.03. The van der Waals surface area contributed by atoms with E-state index < -0.39 is 6.10 Å². The van der Waals surface area contributed by atoms with Crippen LogP contribution in [0.5, 0.6) is 0 Å². The molecule has 2 saturated carbocycles. The van der Waals surface area contributed by atoms with Gasteiger partial charge in [0.2, 0.25) is 0 Å². The summed E-state index contributed by atoms with van der Waals surface area (Å²) in [6, 6.07) is 0. The quantitative estimate of drug-likeness (QED) is 0.460. The van der Waals surface area contributed by atoms with Crippen LogP contribution in [-0.4, -0.2) is 24.4 Å². The lowest BCUT2D eigenvalue weighted by molar-refractivity contribution is -0.0163. The molecule has 2 bridgehead atoms. The first kappa shape index (κ1) is 12.7. The summed E-state index contributed by atoms with van der Waals surface area (Å²) in [5, 5.41) is 10.4. The van der Waals surface area contributed by atoms with Gasteiger partial charge in [0.15, 0.2) is 0 Å². The van der Waals surface area contributed by atoms with Gasteiger partial charge in [-0.25, -0.2) is 0 Å². The Morgan fingerprint density at radius 2 is 2.35 bits per heavy atom. The van der Waals surface area contributed by atoms with Gasteiger partial charge >= 0.3 is 0 Å².